The predicted octanol–water partition coefficient (Wildman–Crippen LogP) is 7.21. The molecule has 144 valence electrons. The molecule has 0 aliphatic heterocycles. The van der Waals surface area contributed by atoms with Crippen molar-refractivity contribution in [2.75, 3.05) is 0 Å². The highest BCUT2D eigenvalue weighted by atomic mass is 16.5. The van der Waals surface area contributed by atoms with E-state index in [0.717, 1.165) is 22.5 Å². The van der Waals surface area contributed by atoms with Crippen molar-refractivity contribution < 1.29 is 4.74 Å². The minimum absolute atomic E-state index is 0.184. The SMILES string of the molecule is C=C(C)c1ccc(C(/C=C\C=N\C=C\c2ccc(OC(C)C)cc2)=C/C)cc1. The van der Waals surface area contributed by atoms with Gasteiger partial charge in [0.1, 0.15) is 5.75 Å². The third kappa shape index (κ3) is 6.88. The quantitative estimate of drug-likeness (QED) is 0.355. The maximum absolute atomic E-state index is 5.64. The summed E-state index contributed by atoms with van der Waals surface area (Å²) in [5.41, 5.74) is 5.66. The molecular formula is C26H29NO. The first kappa shape index (κ1) is 21.2. The van der Waals surface area contributed by atoms with Crippen LogP contribution in [0.15, 0.2) is 84.5 Å². The van der Waals surface area contributed by atoms with Crippen LogP contribution in [-0.2, 0) is 0 Å². The van der Waals surface area contributed by atoms with Crippen molar-refractivity contribution in [3.63, 3.8) is 0 Å². The van der Waals surface area contributed by atoms with Gasteiger partial charge < -0.3 is 4.74 Å². The molecule has 2 nitrogen and oxygen atoms in total. The molecule has 0 saturated heterocycles. The van der Waals surface area contributed by atoms with Crippen LogP contribution in [0.4, 0.5) is 0 Å². The first-order valence-corrected chi connectivity index (χ1v) is 9.55. The molecular weight excluding hydrogens is 342 g/mol. The Balaban J connectivity index is 1.92. The van der Waals surface area contributed by atoms with E-state index in [0.29, 0.717) is 0 Å². The number of rotatable bonds is 8. The summed E-state index contributed by atoms with van der Waals surface area (Å²) in [6.45, 7) is 12.1. The van der Waals surface area contributed by atoms with Gasteiger partial charge in [0.25, 0.3) is 0 Å². The topological polar surface area (TPSA) is 21.6 Å². The van der Waals surface area contributed by atoms with Crippen molar-refractivity contribution in [2.24, 2.45) is 4.99 Å². The van der Waals surface area contributed by atoms with Gasteiger partial charge >= 0.3 is 0 Å². The second-order valence-electron chi connectivity index (χ2n) is 6.81. The highest BCUT2D eigenvalue weighted by Crippen LogP contribution is 2.19. The van der Waals surface area contributed by atoms with Gasteiger partial charge in [-0.3, -0.25) is 4.99 Å². The number of hydrogen-bond acceptors (Lipinski definition) is 2. The van der Waals surface area contributed by atoms with Crippen LogP contribution in [0.3, 0.4) is 0 Å². The van der Waals surface area contributed by atoms with Crippen LogP contribution in [0, 0.1) is 0 Å². The molecule has 0 aromatic heterocycles. The second kappa shape index (κ2) is 10.9. The van der Waals surface area contributed by atoms with E-state index >= 15 is 0 Å². The van der Waals surface area contributed by atoms with Gasteiger partial charge in [-0.15, -0.1) is 0 Å². The van der Waals surface area contributed by atoms with Gasteiger partial charge in [-0.1, -0.05) is 60.7 Å². The Bertz CT molecular complexity index is 879. The van der Waals surface area contributed by atoms with Crippen molar-refractivity contribution in [1.29, 1.82) is 0 Å². The van der Waals surface area contributed by atoms with Gasteiger partial charge in [-0.05, 0) is 74.2 Å². The van der Waals surface area contributed by atoms with Crippen molar-refractivity contribution in [2.45, 2.75) is 33.8 Å². The highest BCUT2D eigenvalue weighted by Gasteiger charge is 1.98. The van der Waals surface area contributed by atoms with Crippen LogP contribution in [0.5, 0.6) is 5.75 Å². The average Bonchev–Trinajstić information content (AvgIpc) is 2.68. The number of allylic oxidation sites excluding steroid dienone is 5. The fourth-order valence-corrected chi connectivity index (χ4v) is 2.61. The van der Waals surface area contributed by atoms with Crippen LogP contribution < -0.4 is 4.74 Å². The summed E-state index contributed by atoms with van der Waals surface area (Å²) in [5.74, 6) is 0.883. The van der Waals surface area contributed by atoms with Gasteiger partial charge in [0, 0.05) is 12.4 Å². The van der Waals surface area contributed by atoms with E-state index in [-0.39, 0.29) is 6.10 Å². The third-order valence-corrected chi connectivity index (χ3v) is 4.07. The van der Waals surface area contributed by atoms with Crippen LogP contribution >= 0.6 is 0 Å². The lowest BCUT2D eigenvalue weighted by Gasteiger charge is -2.09. The van der Waals surface area contributed by atoms with Gasteiger partial charge in [0.2, 0.25) is 0 Å². The van der Waals surface area contributed by atoms with Crippen LogP contribution in [0.2, 0.25) is 0 Å². The molecule has 0 bridgehead atoms. The molecule has 28 heavy (non-hydrogen) atoms. The van der Waals surface area contributed by atoms with Crippen LogP contribution in [0.25, 0.3) is 17.2 Å². The summed E-state index contributed by atoms with van der Waals surface area (Å²) < 4.78 is 5.64. The largest absolute Gasteiger partial charge is 0.491 e. The Hall–Kier alpha value is -3.13. The van der Waals surface area contributed by atoms with Crippen molar-refractivity contribution in [1.82, 2.24) is 0 Å². The van der Waals surface area contributed by atoms with Crippen molar-refractivity contribution >= 4 is 23.4 Å². The summed E-state index contributed by atoms with van der Waals surface area (Å²) in [4.78, 5) is 4.31. The van der Waals surface area contributed by atoms with E-state index in [1.165, 1.54) is 11.1 Å². The van der Waals surface area contributed by atoms with E-state index < -0.39 is 0 Å². The molecule has 2 aromatic rings. The second-order valence-corrected chi connectivity index (χ2v) is 6.81. The number of aliphatic imine (C=N–C) groups is 1. The molecule has 2 aromatic carbocycles. The fraction of sp³-hybridized carbons (Fsp3) is 0.192. The molecule has 0 fully saturated rings. The number of benzene rings is 2. The van der Waals surface area contributed by atoms with Crippen molar-refractivity contribution in [3.05, 3.63) is 96.2 Å². The van der Waals surface area contributed by atoms with Gasteiger partial charge in [0.05, 0.1) is 6.10 Å². The zero-order valence-corrected chi connectivity index (χ0v) is 17.2. The molecule has 0 saturated carbocycles. The Morgan fingerprint density at radius 1 is 1.00 bits per heavy atom. The molecule has 2 heteroatoms. The molecule has 0 aliphatic rings. The zero-order valence-electron chi connectivity index (χ0n) is 17.2. The van der Waals surface area contributed by atoms with Gasteiger partial charge in [-0.25, -0.2) is 0 Å². The number of nitrogens with zero attached hydrogens (tertiary/aromatic N) is 1. The number of ether oxygens (including phenoxy) is 1. The normalized spacial score (nSPS) is 12.5. The lowest BCUT2D eigenvalue weighted by Crippen LogP contribution is -2.05. The van der Waals surface area contributed by atoms with E-state index in [1.807, 2.05) is 64.1 Å². The summed E-state index contributed by atoms with van der Waals surface area (Å²) in [6, 6.07) is 16.4. The first-order valence-electron chi connectivity index (χ1n) is 9.55. The molecule has 0 radical (unpaired) electrons. The van der Waals surface area contributed by atoms with E-state index in [9.17, 15) is 0 Å². The molecule has 0 atom stereocenters. The van der Waals surface area contributed by atoms with Crippen LogP contribution in [0.1, 0.15) is 44.4 Å². The molecule has 0 N–H and O–H groups in total. The summed E-state index contributed by atoms with van der Waals surface area (Å²) in [7, 11) is 0. The minimum Gasteiger partial charge on any atom is -0.491 e. The van der Waals surface area contributed by atoms with E-state index in [4.69, 9.17) is 4.74 Å². The predicted molar refractivity (Wildman–Crippen MR) is 124 cm³/mol. The van der Waals surface area contributed by atoms with E-state index in [1.54, 1.807) is 12.4 Å². The Morgan fingerprint density at radius 3 is 2.21 bits per heavy atom. The van der Waals surface area contributed by atoms with Crippen molar-refractivity contribution in [3.8, 4) is 5.75 Å². The Morgan fingerprint density at radius 2 is 1.64 bits per heavy atom. The third-order valence-electron chi connectivity index (χ3n) is 4.07. The molecule has 0 heterocycles. The lowest BCUT2D eigenvalue weighted by molar-refractivity contribution is 0.242. The molecule has 2 rings (SSSR count). The zero-order chi connectivity index (χ0) is 20.4. The summed E-state index contributed by atoms with van der Waals surface area (Å²) in [6.07, 6.45) is 11.8. The monoisotopic (exact) mass is 371 g/mol. The molecule has 0 unspecified atom stereocenters. The first-order chi connectivity index (χ1) is 13.5. The smallest absolute Gasteiger partial charge is 0.119 e. The molecule has 0 spiro atoms. The Kier molecular flexibility index (Phi) is 8.23. The van der Waals surface area contributed by atoms with Crippen LogP contribution in [-0.4, -0.2) is 12.3 Å². The lowest BCUT2D eigenvalue weighted by atomic mass is 10.0. The summed E-state index contributed by atoms with van der Waals surface area (Å²) >= 11 is 0. The fourth-order valence-electron chi connectivity index (χ4n) is 2.61. The van der Waals surface area contributed by atoms with E-state index in [2.05, 4.69) is 48.0 Å². The standard InChI is InChI=1S/C26H29NO/c1-6-23(25-13-11-24(12-14-25)20(2)3)8-7-18-27-19-17-22-9-15-26(16-10-22)28-21(4)5/h6-19,21H,2H2,1,3-5H3/b8-7-,19-17+,23-6+,27-18+. The maximum Gasteiger partial charge on any atom is 0.119 e. The van der Waals surface area contributed by atoms with Gasteiger partial charge in [-0.2, -0.15) is 0 Å². The minimum atomic E-state index is 0.184. The summed E-state index contributed by atoms with van der Waals surface area (Å²) in [5, 5.41) is 0. The molecule has 0 aliphatic carbocycles. The highest BCUT2D eigenvalue weighted by molar-refractivity contribution is 5.82. The Labute approximate surface area is 169 Å². The van der Waals surface area contributed by atoms with Gasteiger partial charge in [0.15, 0.2) is 0 Å². The number of hydrogen-bond donors (Lipinski definition) is 0. The average molecular weight is 372 g/mol. The maximum atomic E-state index is 5.64. The molecule has 0 amide bonds.